The van der Waals surface area contributed by atoms with Gasteiger partial charge in [-0.05, 0) is 65.8 Å². The predicted octanol–water partition coefficient (Wildman–Crippen LogP) is 2.39. The summed E-state index contributed by atoms with van der Waals surface area (Å²) < 4.78 is 16.5. The van der Waals surface area contributed by atoms with Crippen LogP contribution in [0.3, 0.4) is 0 Å². The molecule has 1 aliphatic rings. The molecule has 2 amide bonds. The van der Waals surface area contributed by atoms with Crippen LogP contribution in [0.5, 0.6) is 11.5 Å². The van der Waals surface area contributed by atoms with E-state index in [4.69, 9.17) is 26.4 Å². The quantitative estimate of drug-likeness (QED) is 0.254. The molecule has 156 valence electrons. The largest absolute Gasteiger partial charge is 0.490 e. The van der Waals surface area contributed by atoms with E-state index in [-0.39, 0.29) is 23.9 Å². The summed E-state index contributed by atoms with van der Waals surface area (Å²) in [6, 6.07) is 3.28. The van der Waals surface area contributed by atoms with Crippen LogP contribution in [-0.4, -0.2) is 66.6 Å². The summed E-state index contributed by atoms with van der Waals surface area (Å²) in [6.45, 7) is 3.82. The third kappa shape index (κ3) is 5.13. The number of likely N-dealkylation sites (N-methyl/N-ethyl adjacent to an activating group) is 2. The van der Waals surface area contributed by atoms with Crippen molar-refractivity contribution in [2.24, 2.45) is 0 Å². The van der Waals surface area contributed by atoms with Gasteiger partial charge in [-0.15, -0.1) is 0 Å². The average Bonchev–Trinajstić information content (AvgIpc) is 2.68. The van der Waals surface area contributed by atoms with Gasteiger partial charge in [-0.1, -0.05) is 0 Å². The molecule has 0 spiro atoms. The van der Waals surface area contributed by atoms with Crippen LogP contribution in [0.25, 0.3) is 6.08 Å². The van der Waals surface area contributed by atoms with Crippen molar-refractivity contribution in [1.29, 1.82) is 0 Å². The number of hydrogen-bond acceptors (Lipinski definition) is 7. The highest BCUT2D eigenvalue weighted by Gasteiger charge is 2.35. The molecule has 0 atom stereocenters. The van der Waals surface area contributed by atoms with Gasteiger partial charge in [-0.3, -0.25) is 19.4 Å². The molecule has 0 bridgehead atoms. The van der Waals surface area contributed by atoms with E-state index in [0.29, 0.717) is 28.1 Å². The SMILES string of the molecule is CCOC(=O)COc1c(Br)cc(C=C2C(=O)N(C)C(=S)N(C)C2=O)cc1OCC. The van der Waals surface area contributed by atoms with Crippen LogP contribution in [-0.2, 0) is 19.1 Å². The molecule has 0 radical (unpaired) electrons. The summed E-state index contributed by atoms with van der Waals surface area (Å²) in [5.41, 5.74) is 0.508. The van der Waals surface area contributed by atoms with Crippen LogP contribution in [0, 0.1) is 0 Å². The third-order valence-corrected chi connectivity index (χ3v) is 5.06. The van der Waals surface area contributed by atoms with Crippen molar-refractivity contribution in [3.05, 3.63) is 27.7 Å². The van der Waals surface area contributed by atoms with Gasteiger partial charge in [0.25, 0.3) is 11.8 Å². The fraction of sp³-hybridized carbons (Fsp3) is 0.368. The Labute approximate surface area is 182 Å². The first-order chi connectivity index (χ1) is 13.7. The topological polar surface area (TPSA) is 85.4 Å². The Morgan fingerprint density at radius 1 is 1.10 bits per heavy atom. The number of ether oxygens (including phenoxy) is 3. The zero-order valence-corrected chi connectivity index (χ0v) is 18.9. The monoisotopic (exact) mass is 484 g/mol. The van der Waals surface area contributed by atoms with Crippen molar-refractivity contribution in [2.75, 3.05) is 33.9 Å². The Bertz CT molecular complexity index is 860. The van der Waals surface area contributed by atoms with Gasteiger partial charge in [-0.25, -0.2) is 4.79 Å². The first-order valence-corrected chi connectivity index (χ1v) is 9.97. The number of rotatable bonds is 7. The molecule has 1 heterocycles. The molecule has 1 aliphatic heterocycles. The first-order valence-electron chi connectivity index (χ1n) is 8.77. The lowest BCUT2D eigenvalue weighted by molar-refractivity contribution is -0.145. The molecule has 1 fully saturated rings. The maximum atomic E-state index is 12.5. The minimum Gasteiger partial charge on any atom is -0.490 e. The highest BCUT2D eigenvalue weighted by atomic mass is 79.9. The average molecular weight is 485 g/mol. The number of benzene rings is 1. The molecule has 10 heteroatoms. The van der Waals surface area contributed by atoms with Crippen LogP contribution in [0.4, 0.5) is 0 Å². The smallest absolute Gasteiger partial charge is 0.344 e. The van der Waals surface area contributed by atoms with Crippen molar-refractivity contribution in [3.8, 4) is 11.5 Å². The number of thiocarbonyl (C=S) groups is 1. The third-order valence-electron chi connectivity index (χ3n) is 3.93. The normalized spacial score (nSPS) is 14.2. The van der Waals surface area contributed by atoms with Crippen molar-refractivity contribution in [1.82, 2.24) is 9.80 Å². The molecule has 0 aromatic heterocycles. The predicted molar refractivity (Wildman–Crippen MR) is 114 cm³/mol. The van der Waals surface area contributed by atoms with Crippen LogP contribution < -0.4 is 9.47 Å². The molecular formula is C19H21BrN2O6S. The Hall–Kier alpha value is -2.46. The lowest BCUT2D eigenvalue weighted by Crippen LogP contribution is -2.52. The lowest BCUT2D eigenvalue weighted by atomic mass is 10.1. The molecule has 8 nitrogen and oxygen atoms in total. The molecule has 0 aliphatic carbocycles. The summed E-state index contributed by atoms with van der Waals surface area (Å²) in [6.07, 6.45) is 1.46. The van der Waals surface area contributed by atoms with Gasteiger partial charge in [0.15, 0.2) is 23.2 Å². The van der Waals surface area contributed by atoms with Gasteiger partial charge < -0.3 is 14.2 Å². The second kappa shape index (κ2) is 9.84. The van der Waals surface area contributed by atoms with Crippen molar-refractivity contribution in [2.45, 2.75) is 13.8 Å². The summed E-state index contributed by atoms with van der Waals surface area (Å²) >= 11 is 8.47. The number of carbonyl (C=O) groups excluding carboxylic acids is 3. The van der Waals surface area contributed by atoms with E-state index in [1.165, 1.54) is 30.0 Å². The van der Waals surface area contributed by atoms with Crippen LogP contribution >= 0.6 is 28.1 Å². The maximum Gasteiger partial charge on any atom is 0.344 e. The van der Waals surface area contributed by atoms with E-state index in [0.717, 1.165) is 0 Å². The fourth-order valence-electron chi connectivity index (χ4n) is 2.55. The molecule has 1 saturated heterocycles. The molecule has 0 unspecified atom stereocenters. The minimum absolute atomic E-state index is 0.0295. The molecule has 29 heavy (non-hydrogen) atoms. The van der Waals surface area contributed by atoms with Crippen LogP contribution in [0.2, 0.25) is 0 Å². The van der Waals surface area contributed by atoms with Crippen LogP contribution in [0.15, 0.2) is 22.2 Å². The van der Waals surface area contributed by atoms with Crippen molar-refractivity contribution in [3.63, 3.8) is 0 Å². The number of nitrogens with zero attached hydrogens (tertiary/aromatic N) is 2. The van der Waals surface area contributed by atoms with E-state index in [9.17, 15) is 14.4 Å². The Morgan fingerprint density at radius 3 is 2.28 bits per heavy atom. The first kappa shape index (κ1) is 22.8. The van der Waals surface area contributed by atoms with E-state index in [1.807, 2.05) is 0 Å². The number of halogens is 1. The fourth-order valence-corrected chi connectivity index (χ4v) is 3.29. The van der Waals surface area contributed by atoms with E-state index < -0.39 is 17.8 Å². The van der Waals surface area contributed by atoms with Crippen molar-refractivity contribution < 1.29 is 28.6 Å². The highest BCUT2D eigenvalue weighted by molar-refractivity contribution is 9.10. The Morgan fingerprint density at radius 2 is 1.72 bits per heavy atom. The van der Waals surface area contributed by atoms with Gasteiger partial charge in [-0.2, -0.15) is 0 Å². The lowest BCUT2D eigenvalue weighted by Gasteiger charge is -2.31. The molecular weight excluding hydrogens is 464 g/mol. The second-order valence-electron chi connectivity index (χ2n) is 5.93. The maximum absolute atomic E-state index is 12.5. The van der Waals surface area contributed by atoms with Gasteiger partial charge in [0, 0.05) is 14.1 Å². The van der Waals surface area contributed by atoms with E-state index in [1.54, 1.807) is 26.0 Å². The minimum atomic E-state index is -0.506. The number of amides is 2. The molecule has 0 saturated carbocycles. The zero-order chi connectivity index (χ0) is 21.7. The second-order valence-corrected chi connectivity index (χ2v) is 7.15. The Balaban J connectivity index is 2.40. The molecule has 0 N–H and O–H groups in total. The van der Waals surface area contributed by atoms with Crippen LogP contribution in [0.1, 0.15) is 19.4 Å². The van der Waals surface area contributed by atoms with Gasteiger partial charge in [0.2, 0.25) is 0 Å². The number of hydrogen-bond donors (Lipinski definition) is 0. The summed E-state index contributed by atoms with van der Waals surface area (Å²) in [7, 11) is 3.02. The standard InChI is InChI=1S/C19H21BrN2O6S/c1-5-26-14-9-11(8-13(20)16(14)28-10-15(23)27-6-2)7-12-17(24)21(3)19(29)22(4)18(12)25/h7-9H,5-6,10H2,1-4H3. The zero-order valence-electron chi connectivity index (χ0n) is 16.5. The van der Waals surface area contributed by atoms with Gasteiger partial charge >= 0.3 is 5.97 Å². The van der Waals surface area contributed by atoms with E-state index in [2.05, 4.69) is 15.9 Å². The molecule has 1 aromatic rings. The Kier molecular flexibility index (Phi) is 7.74. The summed E-state index contributed by atoms with van der Waals surface area (Å²) in [5, 5.41) is 0.135. The highest BCUT2D eigenvalue weighted by Crippen LogP contribution is 2.38. The van der Waals surface area contributed by atoms with Gasteiger partial charge in [0.1, 0.15) is 5.57 Å². The molecule has 1 aromatic carbocycles. The summed E-state index contributed by atoms with van der Waals surface area (Å²) in [5.74, 6) is -0.817. The number of esters is 1. The van der Waals surface area contributed by atoms with E-state index >= 15 is 0 Å². The van der Waals surface area contributed by atoms with Gasteiger partial charge in [0.05, 0.1) is 17.7 Å². The summed E-state index contributed by atoms with van der Waals surface area (Å²) in [4.78, 5) is 39.0. The van der Waals surface area contributed by atoms with Crippen molar-refractivity contribution >= 4 is 57.1 Å². The molecule has 2 rings (SSSR count). The number of carbonyl (C=O) groups is 3.